The first-order valence-corrected chi connectivity index (χ1v) is 13.0. The van der Waals surface area contributed by atoms with Gasteiger partial charge >= 0.3 is 0 Å². The Morgan fingerprint density at radius 2 is 1.74 bits per heavy atom. The number of aromatic nitrogens is 4. The number of thioether (sulfide) groups is 1. The molecular formula is C27H26N6OS. The first-order valence-electron chi connectivity index (χ1n) is 12.0. The Labute approximate surface area is 208 Å². The summed E-state index contributed by atoms with van der Waals surface area (Å²) in [6, 6.07) is 22.0. The molecule has 2 aliphatic rings. The maximum Gasteiger partial charge on any atom is 0.229 e. The lowest BCUT2D eigenvalue weighted by Gasteiger charge is -2.32. The van der Waals surface area contributed by atoms with Crippen LogP contribution in [0.25, 0.3) is 22.5 Å². The molecule has 2 aromatic carbocycles. The largest absolute Gasteiger partial charge is 0.354 e. The Bertz CT molecular complexity index is 1300. The van der Waals surface area contributed by atoms with E-state index in [1.54, 1.807) is 11.8 Å². The number of anilines is 2. The number of hydrogen-bond acceptors (Lipinski definition) is 6. The molecule has 1 saturated heterocycles. The van der Waals surface area contributed by atoms with Gasteiger partial charge in [-0.15, -0.1) is 10.2 Å². The first-order chi connectivity index (χ1) is 17.2. The quantitative estimate of drug-likeness (QED) is 0.433. The van der Waals surface area contributed by atoms with E-state index >= 15 is 0 Å². The van der Waals surface area contributed by atoms with Crippen LogP contribution in [0.2, 0.25) is 0 Å². The van der Waals surface area contributed by atoms with Crippen LogP contribution in [0.5, 0.6) is 0 Å². The second-order valence-corrected chi connectivity index (χ2v) is 10.0. The molecule has 0 saturated carbocycles. The molecule has 35 heavy (non-hydrogen) atoms. The summed E-state index contributed by atoms with van der Waals surface area (Å²) < 4.78 is 2.20. The minimum Gasteiger partial charge on any atom is -0.354 e. The molecule has 1 N–H and O–H groups in total. The summed E-state index contributed by atoms with van der Waals surface area (Å²) in [6.45, 7) is 2.54. The highest BCUT2D eigenvalue weighted by molar-refractivity contribution is 7.99. The summed E-state index contributed by atoms with van der Waals surface area (Å²) in [4.78, 5) is 19.9. The Morgan fingerprint density at radius 1 is 0.914 bits per heavy atom. The molecule has 0 aliphatic carbocycles. The number of carbonyl (C=O) groups is 1. The number of piperidine rings is 1. The van der Waals surface area contributed by atoms with Gasteiger partial charge in [0.2, 0.25) is 5.91 Å². The van der Waals surface area contributed by atoms with Crippen molar-refractivity contribution in [3.05, 3.63) is 72.9 Å². The molecule has 0 spiro atoms. The van der Waals surface area contributed by atoms with E-state index in [9.17, 15) is 4.79 Å². The second kappa shape index (κ2) is 9.54. The lowest BCUT2D eigenvalue weighted by Crippen LogP contribution is -2.41. The van der Waals surface area contributed by atoms with Crippen molar-refractivity contribution in [2.24, 2.45) is 5.92 Å². The number of rotatable bonds is 5. The van der Waals surface area contributed by atoms with E-state index < -0.39 is 0 Å². The maximum atomic E-state index is 13.0. The number of fused-ring (bicyclic) bond motifs is 1. The highest BCUT2D eigenvalue weighted by Gasteiger charge is 2.27. The molecule has 0 radical (unpaired) electrons. The van der Waals surface area contributed by atoms with Gasteiger partial charge in [-0.05, 0) is 37.1 Å². The van der Waals surface area contributed by atoms with Crippen LogP contribution in [0, 0.1) is 5.92 Å². The molecule has 1 unspecified atom stereocenters. The Hall–Kier alpha value is -3.65. The first kappa shape index (κ1) is 21.9. The smallest absolute Gasteiger partial charge is 0.229 e. The Kier molecular flexibility index (Phi) is 5.96. The number of imidazole rings is 1. The van der Waals surface area contributed by atoms with Gasteiger partial charge in [0.25, 0.3) is 0 Å². The van der Waals surface area contributed by atoms with Crippen LogP contribution in [0.4, 0.5) is 11.5 Å². The maximum absolute atomic E-state index is 13.0. The number of nitrogens with zero attached hydrogens (tertiary/aromatic N) is 5. The standard InChI is InChI=1S/C27H26N6OS/c34-26(28-22-10-8-20(9-11-22)24-18-33-15-16-35-27(33)29-24)21-7-4-14-32(17-21)25-13-12-23(30-31-25)19-5-2-1-3-6-19/h1-3,5-6,8-13,18,21H,4,7,14-17H2,(H,28,34). The molecular weight excluding hydrogens is 456 g/mol. The van der Waals surface area contributed by atoms with Crippen molar-refractivity contribution >= 4 is 29.2 Å². The van der Waals surface area contributed by atoms with Crippen LogP contribution in [-0.2, 0) is 11.3 Å². The van der Waals surface area contributed by atoms with E-state index in [0.29, 0.717) is 6.54 Å². The molecule has 7 nitrogen and oxygen atoms in total. The average molecular weight is 483 g/mol. The van der Waals surface area contributed by atoms with Gasteiger partial charge in [-0.3, -0.25) is 4.79 Å². The van der Waals surface area contributed by atoms with E-state index in [4.69, 9.17) is 4.98 Å². The predicted octanol–water partition coefficient (Wildman–Crippen LogP) is 4.97. The van der Waals surface area contributed by atoms with Crippen molar-refractivity contribution in [3.63, 3.8) is 0 Å². The third-order valence-electron chi connectivity index (χ3n) is 6.59. The third kappa shape index (κ3) is 4.66. The molecule has 4 aromatic rings. The van der Waals surface area contributed by atoms with Gasteiger partial charge in [0.15, 0.2) is 11.0 Å². The zero-order valence-electron chi connectivity index (χ0n) is 19.3. The lowest BCUT2D eigenvalue weighted by molar-refractivity contribution is -0.120. The van der Waals surface area contributed by atoms with E-state index in [1.165, 1.54) is 0 Å². The van der Waals surface area contributed by atoms with E-state index in [2.05, 4.69) is 31.2 Å². The molecule has 1 atom stereocenters. The van der Waals surface area contributed by atoms with Crippen molar-refractivity contribution < 1.29 is 4.79 Å². The normalized spacial score (nSPS) is 17.3. The van der Waals surface area contributed by atoms with Gasteiger partial charge in [0.1, 0.15) is 0 Å². The minimum atomic E-state index is -0.0906. The highest BCUT2D eigenvalue weighted by Crippen LogP contribution is 2.30. The molecule has 8 heteroatoms. The summed E-state index contributed by atoms with van der Waals surface area (Å²) >= 11 is 1.79. The number of nitrogens with one attached hydrogen (secondary N) is 1. The van der Waals surface area contributed by atoms with E-state index in [0.717, 1.165) is 70.9 Å². The molecule has 6 rings (SSSR count). The average Bonchev–Trinajstić information content (AvgIpc) is 3.53. The highest BCUT2D eigenvalue weighted by atomic mass is 32.2. The van der Waals surface area contributed by atoms with Crippen LogP contribution in [0.15, 0.2) is 78.1 Å². The minimum absolute atomic E-state index is 0.0497. The molecule has 1 fully saturated rings. The number of benzene rings is 2. The number of carbonyl (C=O) groups excluding carboxylic acids is 1. The van der Waals surface area contributed by atoms with Crippen LogP contribution in [-0.4, -0.2) is 44.5 Å². The summed E-state index contributed by atoms with van der Waals surface area (Å²) in [5.41, 5.74) is 4.75. The fourth-order valence-electron chi connectivity index (χ4n) is 4.67. The molecule has 1 amide bonds. The zero-order chi connectivity index (χ0) is 23.6. The number of aryl methyl sites for hydroxylation is 1. The number of amides is 1. The van der Waals surface area contributed by atoms with Crippen LogP contribution in [0.1, 0.15) is 12.8 Å². The van der Waals surface area contributed by atoms with Gasteiger partial charge in [-0.2, -0.15) is 0 Å². The summed E-state index contributed by atoms with van der Waals surface area (Å²) in [5.74, 6) is 1.87. The van der Waals surface area contributed by atoms with Crippen molar-refractivity contribution in [1.29, 1.82) is 0 Å². The Balaban J connectivity index is 1.09. The second-order valence-electron chi connectivity index (χ2n) is 8.95. The predicted molar refractivity (Wildman–Crippen MR) is 139 cm³/mol. The molecule has 2 aromatic heterocycles. The van der Waals surface area contributed by atoms with Gasteiger partial charge in [-0.1, -0.05) is 54.2 Å². The van der Waals surface area contributed by atoms with Gasteiger partial charge in [0, 0.05) is 48.4 Å². The van der Waals surface area contributed by atoms with Crippen molar-refractivity contribution in [3.8, 4) is 22.5 Å². The van der Waals surface area contributed by atoms with Gasteiger partial charge in [0.05, 0.1) is 17.3 Å². The number of hydrogen-bond donors (Lipinski definition) is 1. The summed E-state index contributed by atoms with van der Waals surface area (Å²) in [7, 11) is 0. The molecule has 0 bridgehead atoms. The molecule has 4 heterocycles. The van der Waals surface area contributed by atoms with Gasteiger partial charge in [-0.25, -0.2) is 4.98 Å². The monoisotopic (exact) mass is 482 g/mol. The topological polar surface area (TPSA) is 75.9 Å². The van der Waals surface area contributed by atoms with Crippen LogP contribution >= 0.6 is 11.8 Å². The van der Waals surface area contributed by atoms with Crippen molar-refractivity contribution in [2.75, 3.05) is 29.1 Å². The SMILES string of the molecule is O=C(Nc1ccc(-c2cn3c(n2)SCC3)cc1)C1CCCN(c2ccc(-c3ccccc3)nn2)C1. The third-order valence-corrected chi connectivity index (χ3v) is 7.56. The van der Waals surface area contributed by atoms with E-state index in [1.807, 2.05) is 66.7 Å². The van der Waals surface area contributed by atoms with E-state index in [-0.39, 0.29) is 11.8 Å². The fourth-order valence-corrected chi connectivity index (χ4v) is 5.62. The van der Waals surface area contributed by atoms with Gasteiger partial charge < -0.3 is 14.8 Å². The Morgan fingerprint density at radius 3 is 2.51 bits per heavy atom. The van der Waals surface area contributed by atoms with Crippen molar-refractivity contribution in [2.45, 2.75) is 24.5 Å². The van der Waals surface area contributed by atoms with Crippen molar-refractivity contribution in [1.82, 2.24) is 19.7 Å². The molecule has 176 valence electrons. The van der Waals surface area contributed by atoms with Crippen LogP contribution in [0.3, 0.4) is 0 Å². The summed E-state index contributed by atoms with van der Waals surface area (Å²) in [5, 5.41) is 13.0. The zero-order valence-corrected chi connectivity index (χ0v) is 20.1. The fraction of sp³-hybridized carbons (Fsp3) is 0.259. The summed E-state index contributed by atoms with van der Waals surface area (Å²) in [6.07, 6.45) is 3.92. The van der Waals surface area contributed by atoms with Crippen LogP contribution < -0.4 is 10.2 Å². The molecule has 2 aliphatic heterocycles. The lowest BCUT2D eigenvalue weighted by atomic mass is 9.97.